The van der Waals surface area contributed by atoms with Crippen LogP contribution < -0.4 is 5.30 Å². The summed E-state index contributed by atoms with van der Waals surface area (Å²) in [5.41, 5.74) is 5.73. The van der Waals surface area contributed by atoms with Gasteiger partial charge >= 0.3 is 0 Å². The standard InChI is InChI=1S/C19H23P/c1-5-11-20(18-9-7-6-8-10-18)14-19-16(3)12-15(2)13-17(19)4/h5-10,12-13H,1,11,14H2,2-4H3. The molecule has 0 N–H and O–H groups in total. The molecule has 0 saturated carbocycles. The third-order valence-corrected chi connectivity index (χ3v) is 6.09. The van der Waals surface area contributed by atoms with Crippen molar-refractivity contribution in [3.8, 4) is 0 Å². The van der Waals surface area contributed by atoms with E-state index in [1.54, 1.807) is 0 Å². The number of allylic oxidation sites excluding steroid dienone is 1. The van der Waals surface area contributed by atoms with Crippen LogP contribution in [0.3, 0.4) is 0 Å². The Kier molecular flexibility index (Phi) is 5.15. The lowest BCUT2D eigenvalue weighted by atomic mass is 10.0. The molecule has 0 saturated heterocycles. The Morgan fingerprint density at radius 2 is 1.60 bits per heavy atom. The summed E-state index contributed by atoms with van der Waals surface area (Å²) in [6.45, 7) is 10.6. The predicted octanol–water partition coefficient (Wildman–Crippen LogP) is 5.11. The summed E-state index contributed by atoms with van der Waals surface area (Å²) in [5, 5.41) is 1.47. The topological polar surface area (TPSA) is 0 Å². The molecule has 0 radical (unpaired) electrons. The fraction of sp³-hybridized carbons (Fsp3) is 0.263. The number of hydrogen-bond donors (Lipinski definition) is 0. The maximum atomic E-state index is 3.94. The minimum Gasteiger partial charge on any atom is -0.103 e. The molecule has 2 rings (SSSR count). The quantitative estimate of drug-likeness (QED) is 0.528. The first kappa shape index (κ1) is 15.0. The van der Waals surface area contributed by atoms with Crippen molar-refractivity contribution in [3.05, 3.63) is 77.4 Å². The highest BCUT2D eigenvalue weighted by Crippen LogP contribution is 2.40. The molecule has 20 heavy (non-hydrogen) atoms. The summed E-state index contributed by atoms with van der Waals surface area (Å²) in [4.78, 5) is 0. The van der Waals surface area contributed by atoms with Crippen LogP contribution in [0.1, 0.15) is 22.3 Å². The van der Waals surface area contributed by atoms with E-state index in [4.69, 9.17) is 0 Å². The van der Waals surface area contributed by atoms with Crippen LogP contribution in [0, 0.1) is 20.8 Å². The molecule has 0 fully saturated rings. The molecule has 2 aromatic carbocycles. The average Bonchev–Trinajstić information content (AvgIpc) is 2.42. The van der Waals surface area contributed by atoms with Gasteiger partial charge in [-0.05, 0) is 55.1 Å². The minimum atomic E-state index is -0.192. The molecule has 2 aromatic rings. The van der Waals surface area contributed by atoms with Gasteiger partial charge in [0.15, 0.2) is 0 Å². The van der Waals surface area contributed by atoms with Gasteiger partial charge in [-0.25, -0.2) is 0 Å². The van der Waals surface area contributed by atoms with E-state index >= 15 is 0 Å². The molecule has 1 atom stereocenters. The Bertz CT molecular complexity index is 561. The second-order valence-corrected chi connectivity index (χ2v) is 7.66. The van der Waals surface area contributed by atoms with Crippen molar-refractivity contribution in [1.29, 1.82) is 0 Å². The van der Waals surface area contributed by atoms with Crippen LogP contribution in [0.15, 0.2) is 55.1 Å². The molecule has 0 nitrogen and oxygen atoms in total. The fourth-order valence-electron chi connectivity index (χ4n) is 2.71. The van der Waals surface area contributed by atoms with Gasteiger partial charge in [0.1, 0.15) is 0 Å². The van der Waals surface area contributed by atoms with E-state index in [0.717, 1.165) is 12.3 Å². The van der Waals surface area contributed by atoms with Crippen LogP contribution in [0.5, 0.6) is 0 Å². The first-order valence-corrected chi connectivity index (χ1v) is 8.80. The highest BCUT2D eigenvalue weighted by atomic mass is 31.1. The molecule has 0 amide bonds. The first-order valence-electron chi connectivity index (χ1n) is 7.09. The Hall–Kier alpha value is -1.39. The molecule has 0 heterocycles. The van der Waals surface area contributed by atoms with Crippen molar-refractivity contribution in [2.24, 2.45) is 0 Å². The molecule has 0 bridgehead atoms. The van der Waals surface area contributed by atoms with Gasteiger partial charge in [-0.1, -0.05) is 62.0 Å². The summed E-state index contributed by atoms with van der Waals surface area (Å²) in [6.07, 6.45) is 4.31. The second kappa shape index (κ2) is 6.86. The van der Waals surface area contributed by atoms with Gasteiger partial charge < -0.3 is 0 Å². The molecule has 0 aromatic heterocycles. The van der Waals surface area contributed by atoms with E-state index in [9.17, 15) is 0 Å². The zero-order valence-corrected chi connectivity index (χ0v) is 13.6. The van der Waals surface area contributed by atoms with Gasteiger partial charge in [-0.3, -0.25) is 0 Å². The number of rotatable bonds is 5. The van der Waals surface area contributed by atoms with Crippen molar-refractivity contribution in [2.45, 2.75) is 26.9 Å². The van der Waals surface area contributed by atoms with Gasteiger partial charge in [0.05, 0.1) is 0 Å². The highest BCUT2D eigenvalue weighted by molar-refractivity contribution is 7.65. The van der Waals surface area contributed by atoms with E-state index in [1.807, 2.05) is 0 Å². The van der Waals surface area contributed by atoms with E-state index in [0.29, 0.717) is 0 Å². The van der Waals surface area contributed by atoms with Crippen molar-refractivity contribution in [3.63, 3.8) is 0 Å². The highest BCUT2D eigenvalue weighted by Gasteiger charge is 2.13. The fourth-order valence-corrected chi connectivity index (χ4v) is 5.01. The summed E-state index contributed by atoms with van der Waals surface area (Å²) >= 11 is 0. The molecular weight excluding hydrogens is 259 g/mol. The lowest BCUT2D eigenvalue weighted by Gasteiger charge is -2.20. The van der Waals surface area contributed by atoms with Crippen molar-refractivity contribution >= 4 is 13.2 Å². The maximum absolute atomic E-state index is 3.94. The van der Waals surface area contributed by atoms with E-state index in [1.165, 1.54) is 27.6 Å². The smallest absolute Gasteiger partial charge is 0.00247 e. The normalized spacial score (nSPS) is 12.2. The monoisotopic (exact) mass is 282 g/mol. The van der Waals surface area contributed by atoms with Crippen molar-refractivity contribution < 1.29 is 0 Å². The molecule has 104 valence electrons. The minimum absolute atomic E-state index is 0.192. The molecule has 0 aliphatic rings. The third-order valence-electron chi connectivity index (χ3n) is 3.66. The average molecular weight is 282 g/mol. The predicted molar refractivity (Wildman–Crippen MR) is 92.4 cm³/mol. The van der Waals surface area contributed by atoms with Gasteiger partial charge in [0.2, 0.25) is 0 Å². The summed E-state index contributed by atoms with van der Waals surface area (Å²) in [6, 6.07) is 15.5. The lowest BCUT2D eigenvalue weighted by Crippen LogP contribution is -2.06. The second-order valence-electron chi connectivity index (χ2n) is 5.38. The Balaban J connectivity index is 2.32. The van der Waals surface area contributed by atoms with Crippen LogP contribution in [0.4, 0.5) is 0 Å². The van der Waals surface area contributed by atoms with Crippen LogP contribution in [-0.4, -0.2) is 6.16 Å². The van der Waals surface area contributed by atoms with Crippen LogP contribution >= 0.6 is 7.92 Å². The molecular formula is C19H23P. The zero-order valence-electron chi connectivity index (χ0n) is 12.7. The molecule has 1 heteroatoms. The van der Waals surface area contributed by atoms with Crippen molar-refractivity contribution in [1.82, 2.24) is 0 Å². The zero-order chi connectivity index (χ0) is 14.5. The van der Waals surface area contributed by atoms with Gasteiger partial charge in [-0.2, -0.15) is 0 Å². The van der Waals surface area contributed by atoms with Crippen LogP contribution in [0.25, 0.3) is 0 Å². The first-order chi connectivity index (χ1) is 9.61. The summed E-state index contributed by atoms with van der Waals surface area (Å²) in [5.74, 6) is 0. The molecule has 0 aliphatic heterocycles. The van der Waals surface area contributed by atoms with Gasteiger partial charge in [0.25, 0.3) is 0 Å². The summed E-state index contributed by atoms with van der Waals surface area (Å²) < 4.78 is 0. The van der Waals surface area contributed by atoms with E-state index in [2.05, 4.69) is 75.9 Å². The lowest BCUT2D eigenvalue weighted by molar-refractivity contribution is 1.20. The largest absolute Gasteiger partial charge is 0.103 e. The van der Waals surface area contributed by atoms with Crippen molar-refractivity contribution in [2.75, 3.05) is 6.16 Å². The summed E-state index contributed by atoms with van der Waals surface area (Å²) in [7, 11) is -0.192. The third kappa shape index (κ3) is 3.58. The number of aryl methyl sites for hydroxylation is 3. The molecule has 0 aliphatic carbocycles. The van der Waals surface area contributed by atoms with Gasteiger partial charge in [0, 0.05) is 0 Å². The van der Waals surface area contributed by atoms with Crippen LogP contribution in [0.2, 0.25) is 0 Å². The van der Waals surface area contributed by atoms with Gasteiger partial charge in [-0.15, -0.1) is 6.58 Å². The SMILES string of the molecule is C=CCP(Cc1c(C)cc(C)cc1C)c1ccccc1. The Labute approximate surface area is 124 Å². The Morgan fingerprint density at radius 3 is 2.15 bits per heavy atom. The Morgan fingerprint density at radius 1 is 1.00 bits per heavy atom. The van der Waals surface area contributed by atoms with E-state index in [-0.39, 0.29) is 7.92 Å². The maximum Gasteiger partial charge on any atom is -0.00247 e. The molecule has 0 spiro atoms. The molecule has 1 unspecified atom stereocenters. The number of benzene rings is 2. The van der Waals surface area contributed by atoms with Crippen LogP contribution in [-0.2, 0) is 6.16 Å². The number of hydrogen-bond acceptors (Lipinski definition) is 0. The van der Waals surface area contributed by atoms with E-state index < -0.39 is 0 Å².